The Kier molecular flexibility index (Phi) is 4.41. The van der Waals surface area contributed by atoms with Crippen molar-refractivity contribution in [1.29, 1.82) is 5.26 Å². The molecule has 0 aromatic heterocycles. The number of rotatable bonds is 3. The lowest BCUT2D eigenvalue weighted by Crippen LogP contribution is -2.16. The van der Waals surface area contributed by atoms with Crippen LogP contribution in [0.4, 0.5) is 0 Å². The van der Waals surface area contributed by atoms with E-state index in [0.29, 0.717) is 5.02 Å². The standard InChI is InChI=1S/C17H13ClN2/c1-12-5-3-4-6-15(12)17(16(11-19)20-2)13-7-9-14(18)10-8-13/h3-10,16-17H,1H3. The van der Waals surface area contributed by atoms with Crippen LogP contribution in [0.15, 0.2) is 48.5 Å². The van der Waals surface area contributed by atoms with Crippen LogP contribution < -0.4 is 0 Å². The van der Waals surface area contributed by atoms with Crippen molar-refractivity contribution in [3.8, 4) is 6.07 Å². The Hall–Kier alpha value is -2.29. The van der Waals surface area contributed by atoms with E-state index in [2.05, 4.69) is 10.9 Å². The zero-order valence-electron chi connectivity index (χ0n) is 11.0. The summed E-state index contributed by atoms with van der Waals surface area (Å²) in [5.41, 5.74) is 3.03. The van der Waals surface area contributed by atoms with Crippen molar-refractivity contribution in [2.45, 2.75) is 18.9 Å². The summed E-state index contributed by atoms with van der Waals surface area (Å²) in [4.78, 5) is 3.48. The van der Waals surface area contributed by atoms with E-state index < -0.39 is 6.04 Å². The summed E-state index contributed by atoms with van der Waals surface area (Å²) >= 11 is 5.92. The van der Waals surface area contributed by atoms with Crippen LogP contribution in [0.1, 0.15) is 22.6 Å². The van der Waals surface area contributed by atoms with E-state index >= 15 is 0 Å². The van der Waals surface area contributed by atoms with E-state index in [1.165, 1.54) is 0 Å². The van der Waals surface area contributed by atoms with Crippen LogP contribution in [0.2, 0.25) is 5.02 Å². The molecule has 2 rings (SSSR count). The largest absolute Gasteiger partial charge is 0.317 e. The molecular weight excluding hydrogens is 268 g/mol. The number of halogens is 1. The second-order valence-electron chi connectivity index (χ2n) is 4.59. The molecule has 2 aromatic carbocycles. The number of benzene rings is 2. The Morgan fingerprint density at radius 1 is 1.15 bits per heavy atom. The van der Waals surface area contributed by atoms with Gasteiger partial charge in [-0.1, -0.05) is 48.0 Å². The second-order valence-corrected chi connectivity index (χ2v) is 5.03. The molecule has 0 bridgehead atoms. The van der Waals surface area contributed by atoms with Gasteiger partial charge in [-0.25, -0.2) is 6.57 Å². The summed E-state index contributed by atoms with van der Waals surface area (Å²) in [7, 11) is 0. The van der Waals surface area contributed by atoms with Gasteiger partial charge in [-0.2, -0.15) is 5.26 Å². The van der Waals surface area contributed by atoms with Crippen molar-refractivity contribution < 1.29 is 0 Å². The maximum atomic E-state index is 9.27. The summed E-state index contributed by atoms with van der Waals surface area (Å²) in [6.07, 6.45) is 0. The van der Waals surface area contributed by atoms with Crippen molar-refractivity contribution in [2.75, 3.05) is 0 Å². The Labute approximate surface area is 124 Å². The fraction of sp³-hybridized carbons (Fsp3) is 0.176. The van der Waals surface area contributed by atoms with Gasteiger partial charge in [-0.15, -0.1) is 0 Å². The molecule has 0 radical (unpaired) electrons. The van der Waals surface area contributed by atoms with E-state index in [4.69, 9.17) is 18.2 Å². The van der Waals surface area contributed by atoms with Gasteiger partial charge in [0.1, 0.15) is 0 Å². The van der Waals surface area contributed by atoms with Crippen molar-refractivity contribution >= 4 is 11.6 Å². The fourth-order valence-corrected chi connectivity index (χ4v) is 2.44. The van der Waals surface area contributed by atoms with Gasteiger partial charge in [0.15, 0.2) is 6.07 Å². The SMILES string of the molecule is [C-]#[N+]C(C#N)C(c1ccc(Cl)cc1)c1ccccc1C. The van der Waals surface area contributed by atoms with Crippen molar-refractivity contribution in [3.05, 3.63) is 81.7 Å². The third-order valence-electron chi connectivity index (χ3n) is 3.34. The summed E-state index contributed by atoms with van der Waals surface area (Å²) in [6.45, 7) is 9.27. The third-order valence-corrected chi connectivity index (χ3v) is 3.59. The molecule has 0 aliphatic rings. The molecule has 0 heterocycles. The Morgan fingerprint density at radius 2 is 1.80 bits per heavy atom. The first-order chi connectivity index (χ1) is 9.67. The van der Waals surface area contributed by atoms with Crippen LogP contribution in [0.25, 0.3) is 4.85 Å². The summed E-state index contributed by atoms with van der Waals surface area (Å²) in [6, 6.07) is 16.6. The normalized spacial score (nSPS) is 13.0. The monoisotopic (exact) mass is 280 g/mol. The van der Waals surface area contributed by atoms with Gasteiger partial charge in [0, 0.05) is 5.02 Å². The minimum absolute atomic E-state index is 0.254. The highest BCUT2D eigenvalue weighted by Crippen LogP contribution is 2.32. The minimum Gasteiger partial charge on any atom is -0.296 e. The van der Waals surface area contributed by atoms with E-state index in [9.17, 15) is 5.26 Å². The van der Waals surface area contributed by atoms with Gasteiger partial charge in [0.05, 0.1) is 5.92 Å². The molecule has 2 nitrogen and oxygen atoms in total. The highest BCUT2D eigenvalue weighted by molar-refractivity contribution is 6.30. The molecule has 98 valence electrons. The van der Waals surface area contributed by atoms with E-state index in [1.54, 1.807) is 12.1 Å². The molecule has 20 heavy (non-hydrogen) atoms. The van der Waals surface area contributed by atoms with Gasteiger partial charge >= 0.3 is 6.04 Å². The lowest BCUT2D eigenvalue weighted by atomic mass is 9.84. The minimum atomic E-state index is -0.739. The first-order valence-electron chi connectivity index (χ1n) is 6.24. The summed E-state index contributed by atoms with van der Waals surface area (Å²) < 4.78 is 0. The van der Waals surface area contributed by atoms with Gasteiger partial charge in [0.2, 0.25) is 0 Å². The Balaban J connectivity index is 2.57. The molecular formula is C17H13ClN2. The van der Waals surface area contributed by atoms with Gasteiger partial charge in [0.25, 0.3) is 0 Å². The quantitative estimate of drug-likeness (QED) is 0.756. The number of hydrogen-bond acceptors (Lipinski definition) is 1. The Morgan fingerprint density at radius 3 is 2.35 bits per heavy atom. The maximum Gasteiger partial charge on any atom is 0.317 e. The first kappa shape index (κ1) is 14.1. The van der Waals surface area contributed by atoms with Gasteiger partial charge in [-0.05, 0) is 35.7 Å². The fourth-order valence-electron chi connectivity index (χ4n) is 2.32. The van der Waals surface area contributed by atoms with Crippen molar-refractivity contribution in [2.24, 2.45) is 0 Å². The lowest BCUT2D eigenvalue weighted by Gasteiger charge is -2.18. The lowest BCUT2D eigenvalue weighted by molar-refractivity contribution is 0.782. The predicted octanol–water partition coefficient (Wildman–Crippen LogP) is 4.59. The first-order valence-corrected chi connectivity index (χ1v) is 6.62. The van der Waals surface area contributed by atoms with Crippen LogP contribution in [0.5, 0.6) is 0 Å². The number of nitriles is 1. The molecule has 2 aromatic rings. The van der Waals surface area contributed by atoms with E-state index in [0.717, 1.165) is 16.7 Å². The Bertz CT molecular complexity index is 663. The topological polar surface area (TPSA) is 28.1 Å². The number of aryl methyl sites for hydroxylation is 1. The van der Waals surface area contributed by atoms with Gasteiger partial charge < -0.3 is 0 Å². The zero-order valence-corrected chi connectivity index (χ0v) is 11.8. The molecule has 0 N–H and O–H groups in total. The highest BCUT2D eigenvalue weighted by atomic mass is 35.5. The van der Waals surface area contributed by atoms with Crippen LogP contribution >= 0.6 is 11.6 Å². The van der Waals surface area contributed by atoms with Crippen molar-refractivity contribution in [3.63, 3.8) is 0 Å². The third kappa shape index (κ3) is 2.82. The maximum absolute atomic E-state index is 9.27. The van der Waals surface area contributed by atoms with Gasteiger partial charge in [-0.3, -0.25) is 4.85 Å². The second kappa shape index (κ2) is 6.24. The molecule has 3 heteroatoms. The molecule has 2 unspecified atom stereocenters. The summed E-state index contributed by atoms with van der Waals surface area (Å²) in [5, 5.41) is 9.92. The summed E-state index contributed by atoms with van der Waals surface area (Å²) in [5.74, 6) is -0.254. The molecule has 0 spiro atoms. The zero-order chi connectivity index (χ0) is 14.5. The number of nitrogens with zero attached hydrogens (tertiary/aromatic N) is 2. The van der Waals surface area contributed by atoms with Crippen LogP contribution in [-0.4, -0.2) is 6.04 Å². The average Bonchev–Trinajstić information content (AvgIpc) is 2.47. The van der Waals surface area contributed by atoms with Crippen LogP contribution in [-0.2, 0) is 0 Å². The van der Waals surface area contributed by atoms with E-state index in [-0.39, 0.29) is 5.92 Å². The molecule has 2 atom stereocenters. The van der Waals surface area contributed by atoms with E-state index in [1.807, 2.05) is 43.3 Å². The van der Waals surface area contributed by atoms with Crippen molar-refractivity contribution in [1.82, 2.24) is 0 Å². The predicted molar refractivity (Wildman–Crippen MR) is 80.5 cm³/mol. The smallest absolute Gasteiger partial charge is 0.296 e. The molecule has 0 fully saturated rings. The average molecular weight is 281 g/mol. The van der Waals surface area contributed by atoms with Crippen LogP contribution in [0, 0.1) is 24.8 Å². The molecule has 0 saturated heterocycles. The molecule has 0 saturated carbocycles. The number of hydrogen-bond donors (Lipinski definition) is 0. The molecule has 0 aliphatic heterocycles. The molecule has 0 amide bonds. The molecule has 0 aliphatic carbocycles. The highest BCUT2D eigenvalue weighted by Gasteiger charge is 2.30. The van der Waals surface area contributed by atoms with Crippen LogP contribution in [0.3, 0.4) is 0 Å².